The number of amides is 1. The molecule has 0 aliphatic carbocycles. The van der Waals surface area contributed by atoms with Gasteiger partial charge in [0.05, 0.1) is 24.6 Å². The van der Waals surface area contributed by atoms with Crippen LogP contribution in [0.4, 0.5) is 4.39 Å². The van der Waals surface area contributed by atoms with Gasteiger partial charge in [0.2, 0.25) is 11.8 Å². The molecule has 1 amide bonds. The SMILES string of the molecule is Cc1ccccc1-n1nc(C)c(CCC(=O)N2CCOCC2)c1Oc1ccccc1F. The molecule has 2 aromatic carbocycles. The molecule has 0 radical (unpaired) electrons. The summed E-state index contributed by atoms with van der Waals surface area (Å²) < 4.78 is 27.4. The van der Waals surface area contributed by atoms with Crippen LogP contribution in [0.2, 0.25) is 0 Å². The minimum absolute atomic E-state index is 0.0724. The Kier molecular flexibility index (Phi) is 6.32. The molecule has 0 bridgehead atoms. The number of hydrogen-bond donors (Lipinski definition) is 0. The maximum Gasteiger partial charge on any atom is 0.226 e. The minimum atomic E-state index is -0.451. The molecule has 1 fully saturated rings. The third-order valence-corrected chi connectivity index (χ3v) is 5.48. The molecule has 0 saturated carbocycles. The Labute approximate surface area is 181 Å². The van der Waals surface area contributed by atoms with E-state index in [0.717, 1.165) is 22.5 Å². The lowest BCUT2D eigenvalue weighted by Gasteiger charge is -2.26. The quantitative estimate of drug-likeness (QED) is 0.596. The number of ether oxygens (including phenoxy) is 2. The van der Waals surface area contributed by atoms with Gasteiger partial charge in [-0.1, -0.05) is 30.3 Å². The fourth-order valence-electron chi connectivity index (χ4n) is 3.73. The van der Waals surface area contributed by atoms with Gasteiger partial charge in [0.25, 0.3) is 0 Å². The molecule has 3 aromatic rings. The number of nitrogens with zero attached hydrogens (tertiary/aromatic N) is 3. The number of carbonyl (C=O) groups excluding carboxylic acids is 1. The fourth-order valence-corrected chi connectivity index (χ4v) is 3.73. The monoisotopic (exact) mass is 423 g/mol. The van der Waals surface area contributed by atoms with E-state index in [1.54, 1.807) is 22.9 Å². The summed E-state index contributed by atoms with van der Waals surface area (Å²) in [5, 5.41) is 4.68. The highest BCUT2D eigenvalue weighted by molar-refractivity contribution is 5.76. The van der Waals surface area contributed by atoms with Gasteiger partial charge in [-0.2, -0.15) is 9.78 Å². The van der Waals surface area contributed by atoms with Crippen LogP contribution in [0.3, 0.4) is 0 Å². The first kappa shape index (κ1) is 21.1. The van der Waals surface area contributed by atoms with Crippen molar-refractivity contribution in [1.82, 2.24) is 14.7 Å². The molecule has 1 aliphatic heterocycles. The van der Waals surface area contributed by atoms with Gasteiger partial charge >= 0.3 is 0 Å². The van der Waals surface area contributed by atoms with Crippen LogP contribution in [-0.2, 0) is 16.0 Å². The van der Waals surface area contributed by atoms with E-state index in [1.165, 1.54) is 6.07 Å². The first-order valence-corrected chi connectivity index (χ1v) is 10.5. The molecule has 0 atom stereocenters. The van der Waals surface area contributed by atoms with Crippen molar-refractivity contribution >= 4 is 5.91 Å². The summed E-state index contributed by atoms with van der Waals surface area (Å²) >= 11 is 0. The molecule has 4 rings (SSSR count). The number of carbonyl (C=O) groups is 1. The van der Waals surface area contributed by atoms with E-state index >= 15 is 0 Å². The maximum absolute atomic E-state index is 14.4. The third-order valence-electron chi connectivity index (χ3n) is 5.48. The number of halogens is 1. The Hall–Kier alpha value is -3.19. The lowest BCUT2D eigenvalue weighted by atomic mass is 10.1. The van der Waals surface area contributed by atoms with Crippen molar-refractivity contribution in [2.24, 2.45) is 0 Å². The molecule has 6 nitrogen and oxygen atoms in total. The van der Waals surface area contributed by atoms with Crippen LogP contribution >= 0.6 is 0 Å². The van der Waals surface area contributed by atoms with Crippen LogP contribution in [0.1, 0.15) is 23.2 Å². The lowest BCUT2D eigenvalue weighted by molar-refractivity contribution is -0.135. The van der Waals surface area contributed by atoms with E-state index in [0.29, 0.717) is 45.0 Å². The van der Waals surface area contributed by atoms with Crippen LogP contribution < -0.4 is 4.74 Å². The van der Waals surface area contributed by atoms with Crippen molar-refractivity contribution in [1.29, 1.82) is 0 Å². The molecule has 1 aromatic heterocycles. The average Bonchev–Trinajstić information content (AvgIpc) is 3.09. The molecule has 0 unspecified atom stereocenters. The van der Waals surface area contributed by atoms with Gasteiger partial charge in [0.1, 0.15) is 0 Å². The summed E-state index contributed by atoms with van der Waals surface area (Å²) in [5.41, 5.74) is 3.42. The van der Waals surface area contributed by atoms with Crippen LogP contribution in [-0.4, -0.2) is 46.9 Å². The summed E-state index contributed by atoms with van der Waals surface area (Å²) in [6, 6.07) is 14.1. The largest absolute Gasteiger partial charge is 0.436 e. The second-order valence-corrected chi connectivity index (χ2v) is 7.59. The molecule has 162 valence electrons. The molecule has 31 heavy (non-hydrogen) atoms. The number of hydrogen-bond acceptors (Lipinski definition) is 4. The van der Waals surface area contributed by atoms with Crippen LogP contribution in [0.5, 0.6) is 11.6 Å². The van der Waals surface area contributed by atoms with Gasteiger partial charge in [0.15, 0.2) is 11.6 Å². The van der Waals surface area contributed by atoms with Crippen molar-refractivity contribution in [2.45, 2.75) is 26.7 Å². The molecule has 0 spiro atoms. The Morgan fingerprint density at radius 3 is 2.55 bits per heavy atom. The van der Waals surface area contributed by atoms with Gasteiger partial charge in [-0.25, -0.2) is 4.39 Å². The molecular weight excluding hydrogens is 397 g/mol. The predicted molar refractivity (Wildman–Crippen MR) is 115 cm³/mol. The van der Waals surface area contributed by atoms with Crippen LogP contribution in [0.15, 0.2) is 48.5 Å². The zero-order chi connectivity index (χ0) is 21.8. The summed E-state index contributed by atoms with van der Waals surface area (Å²) in [7, 11) is 0. The first-order chi connectivity index (χ1) is 15.0. The highest BCUT2D eigenvalue weighted by Gasteiger charge is 2.23. The van der Waals surface area contributed by atoms with Gasteiger partial charge in [-0.3, -0.25) is 4.79 Å². The molecule has 1 aliphatic rings. The summed E-state index contributed by atoms with van der Waals surface area (Å²) in [4.78, 5) is 14.5. The van der Waals surface area contributed by atoms with E-state index in [1.807, 2.05) is 43.0 Å². The van der Waals surface area contributed by atoms with Gasteiger partial charge in [-0.05, 0) is 44.0 Å². The highest BCUT2D eigenvalue weighted by Crippen LogP contribution is 2.33. The molecule has 7 heteroatoms. The number of rotatable bonds is 6. The zero-order valence-corrected chi connectivity index (χ0v) is 17.8. The van der Waals surface area contributed by atoms with Gasteiger partial charge < -0.3 is 14.4 Å². The van der Waals surface area contributed by atoms with E-state index in [-0.39, 0.29) is 11.7 Å². The lowest BCUT2D eigenvalue weighted by Crippen LogP contribution is -2.40. The Morgan fingerprint density at radius 1 is 1.10 bits per heavy atom. The van der Waals surface area contributed by atoms with E-state index in [9.17, 15) is 9.18 Å². The first-order valence-electron chi connectivity index (χ1n) is 10.5. The van der Waals surface area contributed by atoms with Crippen LogP contribution in [0.25, 0.3) is 5.69 Å². The van der Waals surface area contributed by atoms with E-state index in [4.69, 9.17) is 9.47 Å². The van der Waals surface area contributed by atoms with Crippen molar-refractivity contribution in [3.63, 3.8) is 0 Å². The highest BCUT2D eigenvalue weighted by atomic mass is 19.1. The second-order valence-electron chi connectivity index (χ2n) is 7.59. The number of morpholine rings is 1. The maximum atomic E-state index is 14.4. The molecular formula is C24H26FN3O3. The van der Waals surface area contributed by atoms with E-state index in [2.05, 4.69) is 5.10 Å². The van der Waals surface area contributed by atoms with E-state index < -0.39 is 5.82 Å². The topological polar surface area (TPSA) is 56.6 Å². The fraction of sp³-hybridized carbons (Fsp3) is 0.333. The Bertz CT molecular complexity index is 1070. The molecule has 1 saturated heterocycles. The molecule has 2 heterocycles. The standard InChI is InChI=1S/C24H26FN3O3/c1-17-7-3-5-9-21(17)28-24(31-22-10-6-4-8-20(22)25)19(18(2)26-28)11-12-23(29)27-13-15-30-16-14-27/h3-10H,11-16H2,1-2H3. The summed E-state index contributed by atoms with van der Waals surface area (Å²) in [6.45, 7) is 6.23. The number of aryl methyl sites for hydroxylation is 2. The van der Waals surface area contributed by atoms with Gasteiger partial charge in [0, 0.05) is 25.1 Å². The predicted octanol–water partition coefficient (Wildman–Crippen LogP) is 4.21. The van der Waals surface area contributed by atoms with Crippen molar-refractivity contribution in [3.8, 4) is 17.3 Å². The van der Waals surface area contributed by atoms with Crippen molar-refractivity contribution < 1.29 is 18.7 Å². The Morgan fingerprint density at radius 2 is 1.81 bits per heavy atom. The molecule has 0 N–H and O–H groups in total. The van der Waals surface area contributed by atoms with Gasteiger partial charge in [-0.15, -0.1) is 0 Å². The number of benzene rings is 2. The number of para-hydroxylation sites is 2. The summed E-state index contributed by atoms with van der Waals surface area (Å²) in [6.07, 6.45) is 0.783. The normalized spacial score (nSPS) is 14.0. The van der Waals surface area contributed by atoms with Crippen molar-refractivity contribution in [3.05, 3.63) is 71.2 Å². The average molecular weight is 423 g/mol. The zero-order valence-electron chi connectivity index (χ0n) is 17.8. The third kappa shape index (κ3) is 4.61. The second kappa shape index (κ2) is 9.31. The minimum Gasteiger partial charge on any atom is -0.436 e. The Balaban J connectivity index is 1.67. The summed E-state index contributed by atoms with van der Waals surface area (Å²) in [5.74, 6) is 0.181. The smallest absolute Gasteiger partial charge is 0.226 e. The van der Waals surface area contributed by atoms with Crippen molar-refractivity contribution in [2.75, 3.05) is 26.3 Å². The number of aromatic nitrogens is 2. The van der Waals surface area contributed by atoms with Crippen LogP contribution in [0, 0.1) is 19.7 Å².